The van der Waals surface area contributed by atoms with Crippen LogP contribution < -0.4 is 0 Å². The zero-order valence-electron chi connectivity index (χ0n) is 6.53. The lowest BCUT2D eigenvalue weighted by Gasteiger charge is -1.94. The van der Waals surface area contributed by atoms with E-state index in [1.54, 1.807) is 10.1 Å². The van der Waals surface area contributed by atoms with Gasteiger partial charge in [0.05, 0.1) is 0 Å². The molecule has 0 atom stereocenters. The minimum absolute atomic E-state index is 0.494. The molecule has 0 amide bonds. The zero-order chi connectivity index (χ0) is 9.42. The van der Waals surface area contributed by atoms with Crippen LogP contribution in [0.2, 0.25) is 5.15 Å². The third kappa shape index (κ3) is 1.61. The molecule has 0 aliphatic heterocycles. The molecule has 0 saturated heterocycles. The standard InChI is InChI=1S/C6H4BrClN4S/c1-12-4(5(7)10-11-12)6-9-3(8)2-13-6/h2H,1H3. The SMILES string of the molecule is Cn1nnc(Br)c1-c1nc(Cl)cs1. The maximum absolute atomic E-state index is 5.72. The normalized spacial score (nSPS) is 10.7. The fourth-order valence-corrected chi connectivity index (χ4v) is 2.59. The van der Waals surface area contributed by atoms with Crippen LogP contribution in [0, 0.1) is 0 Å². The topological polar surface area (TPSA) is 43.6 Å². The van der Waals surface area contributed by atoms with E-state index in [-0.39, 0.29) is 0 Å². The van der Waals surface area contributed by atoms with Crippen LogP contribution in [0.5, 0.6) is 0 Å². The molecule has 0 N–H and O–H groups in total. The van der Waals surface area contributed by atoms with Crippen molar-refractivity contribution in [3.8, 4) is 10.7 Å². The average Bonchev–Trinajstić information content (AvgIpc) is 2.60. The van der Waals surface area contributed by atoms with Gasteiger partial charge in [0.25, 0.3) is 0 Å². The molecule has 0 unspecified atom stereocenters. The van der Waals surface area contributed by atoms with Gasteiger partial charge in [-0.1, -0.05) is 16.8 Å². The monoisotopic (exact) mass is 278 g/mol. The van der Waals surface area contributed by atoms with E-state index in [0.717, 1.165) is 10.7 Å². The van der Waals surface area contributed by atoms with Crippen LogP contribution in [0.25, 0.3) is 10.7 Å². The highest BCUT2D eigenvalue weighted by molar-refractivity contribution is 9.10. The van der Waals surface area contributed by atoms with Crippen LogP contribution in [0.1, 0.15) is 0 Å². The Balaban J connectivity index is 2.57. The third-order valence-corrected chi connectivity index (χ3v) is 3.17. The van der Waals surface area contributed by atoms with E-state index in [4.69, 9.17) is 11.6 Å². The molecule has 0 saturated carbocycles. The lowest BCUT2D eigenvalue weighted by atomic mass is 10.5. The van der Waals surface area contributed by atoms with Crippen molar-refractivity contribution in [2.75, 3.05) is 0 Å². The highest BCUT2D eigenvalue weighted by atomic mass is 79.9. The van der Waals surface area contributed by atoms with Gasteiger partial charge in [0.15, 0.2) is 4.60 Å². The summed E-state index contributed by atoms with van der Waals surface area (Å²) < 4.78 is 2.33. The van der Waals surface area contributed by atoms with Crippen molar-refractivity contribution in [1.82, 2.24) is 20.0 Å². The van der Waals surface area contributed by atoms with E-state index in [9.17, 15) is 0 Å². The molecule has 68 valence electrons. The van der Waals surface area contributed by atoms with E-state index in [1.165, 1.54) is 11.3 Å². The lowest BCUT2D eigenvalue weighted by molar-refractivity contribution is 0.719. The summed E-state index contributed by atoms with van der Waals surface area (Å²) in [5, 5.41) is 10.8. The van der Waals surface area contributed by atoms with Gasteiger partial charge in [0.1, 0.15) is 15.9 Å². The maximum Gasteiger partial charge on any atom is 0.158 e. The molecule has 0 aliphatic rings. The number of halogens is 2. The van der Waals surface area contributed by atoms with Crippen molar-refractivity contribution in [1.29, 1.82) is 0 Å². The molecular weight excluding hydrogens is 276 g/mol. The molecule has 0 bridgehead atoms. The van der Waals surface area contributed by atoms with Crippen molar-refractivity contribution in [3.63, 3.8) is 0 Å². The second-order valence-corrected chi connectivity index (χ2v) is 4.32. The van der Waals surface area contributed by atoms with Gasteiger partial charge in [0.2, 0.25) is 0 Å². The number of rotatable bonds is 1. The van der Waals surface area contributed by atoms with Crippen molar-refractivity contribution >= 4 is 38.9 Å². The quantitative estimate of drug-likeness (QED) is 0.805. The molecule has 2 heterocycles. The molecule has 0 fully saturated rings. The highest BCUT2D eigenvalue weighted by Crippen LogP contribution is 2.29. The molecule has 0 spiro atoms. The van der Waals surface area contributed by atoms with Crippen molar-refractivity contribution < 1.29 is 0 Å². The Morgan fingerprint density at radius 2 is 2.38 bits per heavy atom. The molecule has 2 aromatic heterocycles. The number of hydrogen-bond acceptors (Lipinski definition) is 4. The van der Waals surface area contributed by atoms with Gasteiger partial charge >= 0.3 is 0 Å². The summed E-state index contributed by atoms with van der Waals surface area (Å²) in [6, 6.07) is 0. The Labute approximate surface area is 91.7 Å². The van der Waals surface area contributed by atoms with Crippen LogP contribution in [0.4, 0.5) is 0 Å². The summed E-state index contributed by atoms with van der Waals surface area (Å²) in [7, 11) is 1.81. The molecule has 2 aromatic rings. The van der Waals surface area contributed by atoms with E-state index >= 15 is 0 Å². The van der Waals surface area contributed by atoms with Gasteiger partial charge in [-0.3, -0.25) is 0 Å². The van der Waals surface area contributed by atoms with Crippen LogP contribution in [0.15, 0.2) is 9.98 Å². The maximum atomic E-state index is 5.72. The molecule has 0 radical (unpaired) electrons. The number of aromatic nitrogens is 4. The van der Waals surface area contributed by atoms with Gasteiger partial charge in [-0.2, -0.15) is 0 Å². The Morgan fingerprint density at radius 3 is 2.85 bits per heavy atom. The largest absolute Gasteiger partial charge is 0.244 e. The summed E-state index contributed by atoms with van der Waals surface area (Å²) in [4.78, 5) is 4.13. The molecule has 7 heteroatoms. The van der Waals surface area contributed by atoms with Crippen LogP contribution >= 0.6 is 38.9 Å². The van der Waals surface area contributed by atoms with Gasteiger partial charge in [-0.05, 0) is 15.9 Å². The second-order valence-electron chi connectivity index (χ2n) is 2.33. The summed E-state index contributed by atoms with van der Waals surface area (Å²) in [5.41, 5.74) is 0.844. The fourth-order valence-electron chi connectivity index (χ4n) is 0.922. The van der Waals surface area contributed by atoms with E-state index in [1.807, 2.05) is 7.05 Å². The van der Waals surface area contributed by atoms with Crippen LogP contribution in [-0.4, -0.2) is 20.0 Å². The number of hydrogen-bond donors (Lipinski definition) is 0. The second kappa shape index (κ2) is 3.36. The van der Waals surface area contributed by atoms with Gasteiger partial charge in [-0.15, -0.1) is 16.4 Å². The lowest BCUT2D eigenvalue weighted by Crippen LogP contribution is -1.93. The highest BCUT2D eigenvalue weighted by Gasteiger charge is 2.13. The number of thiazole rings is 1. The van der Waals surface area contributed by atoms with Gasteiger partial charge < -0.3 is 0 Å². The molecule has 0 aromatic carbocycles. The smallest absolute Gasteiger partial charge is 0.158 e. The molecule has 13 heavy (non-hydrogen) atoms. The van der Waals surface area contributed by atoms with Crippen molar-refractivity contribution in [2.45, 2.75) is 0 Å². The summed E-state index contributed by atoms with van der Waals surface area (Å²) in [6.07, 6.45) is 0. The predicted molar refractivity (Wildman–Crippen MR) is 54.8 cm³/mol. The Morgan fingerprint density at radius 1 is 1.62 bits per heavy atom. The Hall–Kier alpha value is -0.460. The van der Waals surface area contributed by atoms with Crippen molar-refractivity contribution in [3.05, 3.63) is 15.1 Å². The zero-order valence-corrected chi connectivity index (χ0v) is 9.69. The molecular formula is C6H4BrClN4S. The Bertz CT molecular complexity index is 418. The van der Waals surface area contributed by atoms with E-state index in [0.29, 0.717) is 9.76 Å². The molecule has 2 rings (SSSR count). The molecule has 4 nitrogen and oxygen atoms in total. The fraction of sp³-hybridized carbons (Fsp3) is 0.167. The van der Waals surface area contributed by atoms with Crippen LogP contribution in [-0.2, 0) is 7.05 Å². The summed E-state index contributed by atoms with van der Waals surface area (Å²) in [6.45, 7) is 0. The number of aryl methyl sites for hydroxylation is 1. The van der Waals surface area contributed by atoms with Crippen molar-refractivity contribution in [2.24, 2.45) is 7.05 Å². The first-order chi connectivity index (χ1) is 6.18. The first kappa shape index (κ1) is 9.11. The van der Waals surface area contributed by atoms with E-state index < -0.39 is 0 Å². The minimum atomic E-state index is 0.494. The number of nitrogens with zero attached hydrogens (tertiary/aromatic N) is 4. The average molecular weight is 280 g/mol. The van der Waals surface area contributed by atoms with E-state index in [2.05, 4.69) is 31.2 Å². The minimum Gasteiger partial charge on any atom is -0.244 e. The summed E-state index contributed by atoms with van der Waals surface area (Å²) >= 11 is 10.5. The Kier molecular flexibility index (Phi) is 2.35. The first-order valence-corrected chi connectivity index (χ1v) is 5.40. The first-order valence-electron chi connectivity index (χ1n) is 3.35. The van der Waals surface area contributed by atoms with Gasteiger partial charge in [0, 0.05) is 12.4 Å². The van der Waals surface area contributed by atoms with Gasteiger partial charge in [-0.25, -0.2) is 9.67 Å². The molecule has 0 aliphatic carbocycles. The third-order valence-electron chi connectivity index (χ3n) is 1.46. The predicted octanol–water partition coefficient (Wildman–Crippen LogP) is 2.35. The van der Waals surface area contributed by atoms with Crippen LogP contribution in [0.3, 0.4) is 0 Å². The summed E-state index contributed by atoms with van der Waals surface area (Å²) in [5.74, 6) is 0.